The maximum atomic E-state index is 13.4. The molecular weight excluding hydrogens is 319 g/mol. The van der Waals surface area contributed by atoms with Crippen molar-refractivity contribution < 1.29 is 17.5 Å². The fourth-order valence-electron chi connectivity index (χ4n) is 2.16. The third kappa shape index (κ3) is 4.00. The molecular formula is C16H19FN2O3S. The van der Waals surface area contributed by atoms with Crippen LogP contribution in [0.25, 0.3) is 0 Å². The summed E-state index contributed by atoms with van der Waals surface area (Å²) in [4.78, 5) is 0.194. The van der Waals surface area contributed by atoms with Crippen molar-refractivity contribution in [2.24, 2.45) is 0 Å². The Morgan fingerprint density at radius 1 is 1.13 bits per heavy atom. The number of hydrogen-bond donors (Lipinski definition) is 2. The minimum atomic E-state index is -3.46. The Kier molecular flexibility index (Phi) is 5.23. The summed E-state index contributed by atoms with van der Waals surface area (Å²) in [5, 5.41) is 3.16. The predicted molar refractivity (Wildman–Crippen MR) is 87.7 cm³/mol. The Morgan fingerprint density at radius 3 is 2.35 bits per heavy atom. The Balaban J connectivity index is 2.21. The lowest BCUT2D eigenvalue weighted by Crippen LogP contribution is -2.18. The van der Waals surface area contributed by atoms with Crippen molar-refractivity contribution in [2.45, 2.75) is 17.9 Å². The lowest BCUT2D eigenvalue weighted by Gasteiger charge is -2.18. The topological polar surface area (TPSA) is 67.4 Å². The summed E-state index contributed by atoms with van der Waals surface area (Å²) in [5.74, 6) is 0.170. The van der Waals surface area contributed by atoms with Gasteiger partial charge >= 0.3 is 0 Å². The zero-order chi connectivity index (χ0) is 17.0. The molecule has 0 saturated carbocycles. The number of ether oxygens (including phenoxy) is 1. The molecule has 0 saturated heterocycles. The molecule has 0 fully saturated rings. The summed E-state index contributed by atoms with van der Waals surface area (Å²) in [6.07, 6.45) is 0. The molecule has 0 unspecified atom stereocenters. The fourth-order valence-corrected chi connectivity index (χ4v) is 2.89. The van der Waals surface area contributed by atoms with Crippen LogP contribution in [0.2, 0.25) is 0 Å². The minimum absolute atomic E-state index is 0.156. The van der Waals surface area contributed by atoms with Crippen LogP contribution < -0.4 is 14.8 Å². The van der Waals surface area contributed by atoms with E-state index in [1.165, 1.54) is 38.4 Å². The first-order valence-electron chi connectivity index (χ1n) is 7.01. The van der Waals surface area contributed by atoms with E-state index in [2.05, 4.69) is 10.0 Å². The molecule has 0 aliphatic carbocycles. The third-order valence-corrected chi connectivity index (χ3v) is 4.92. The summed E-state index contributed by atoms with van der Waals surface area (Å²) in [6.45, 7) is 1.89. The van der Waals surface area contributed by atoms with Crippen molar-refractivity contribution in [1.82, 2.24) is 4.72 Å². The van der Waals surface area contributed by atoms with Gasteiger partial charge in [0, 0.05) is 12.1 Å². The Morgan fingerprint density at radius 2 is 1.78 bits per heavy atom. The molecule has 0 heterocycles. The Hall–Kier alpha value is -2.12. The van der Waals surface area contributed by atoms with Gasteiger partial charge in [0.05, 0.1) is 17.7 Å². The molecule has 2 aromatic rings. The normalized spacial score (nSPS) is 12.7. The molecule has 1 atom stereocenters. The first-order chi connectivity index (χ1) is 10.9. The maximum Gasteiger partial charge on any atom is 0.240 e. The second kappa shape index (κ2) is 6.97. The molecule has 0 amide bonds. The van der Waals surface area contributed by atoms with E-state index in [9.17, 15) is 12.8 Å². The first kappa shape index (κ1) is 17.2. The molecule has 5 nitrogen and oxygen atoms in total. The van der Waals surface area contributed by atoms with Gasteiger partial charge in [0.15, 0.2) is 0 Å². The van der Waals surface area contributed by atoms with Crippen molar-refractivity contribution in [1.29, 1.82) is 0 Å². The van der Waals surface area contributed by atoms with Crippen LogP contribution in [-0.2, 0) is 10.0 Å². The highest BCUT2D eigenvalue weighted by Crippen LogP contribution is 2.29. The molecule has 0 spiro atoms. The molecule has 7 heteroatoms. The monoisotopic (exact) mass is 338 g/mol. The molecule has 2 N–H and O–H groups in total. The molecule has 0 bridgehead atoms. The Labute approximate surface area is 135 Å². The van der Waals surface area contributed by atoms with Crippen LogP contribution in [0.3, 0.4) is 0 Å². The summed E-state index contributed by atoms with van der Waals surface area (Å²) >= 11 is 0. The average Bonchev–Trinajstić information content (AvgIpc) is 2.55. The number of benzene rings is 2. The lowest BCUT2D eigenvalue weighted by atomic mass is 10.1. The van der Waals surface area contributed by atoms with Gasteiger partial charge in [-0.05, 0) is 43.8 Å². The maximum absolute atomic E-state index is 13.4. The van der Waals surface area contributed by atoms with Crippen LogP contribution in [0, 0.1) is 5.82 Å². The molecule has 23 heavy (non-hydrogen) atoms. The molecule has 0 aliphatic heterocycles. The zero-order valence-corrected chi connectivity index (χ0v) is 13.9. The van der Waals surface area contributed by atoms with Gasteiger partial charge in [-0.2, -0.15) is 0 Å². The number of rotatable bonds is 6. The van der Waals surface area contributed by atoms with E-state index >= 15 is 0 Å². The van der Waals surface area contributed by atoms with Crippen molar-refractivity contribution in [3.63, 3.8) is 0 Å². The molecule has 124 valence electrons. The van der Waals surface area contributed by atoms with Crippen molar-refractivity contribution >= 4 is 15.7 Å². The number of sulfonamides is 1. The number of nitrogens with one attached hydrogen (secondary N) is 2. The van der Waals surface area contributed by atoms with Gasteiger partial charge < -0.3 is 10.1 Å². The van der Waals surface area contributed by atoms with Crippen LogP contribution in [-0.4, -0.2) is 22.6 Å². The first-order valence-corrected chi connectivity index (χ1v) is 8.49. The minimum Gasteiger partial charge on any atom is -0.495 e. The average molecular weight is 338 g/mol. The van der Waals surface area contributed by atoms with Crippen molar-refractivity contribution in [2.75, 3.05) is 19.5 Å². The van der Waals surface area contributed by atoms with Gasteiger partial charge in [-0.1, -0.05) is 12.1 Å². The largest absolute Gasteiger partial charge is 0.495 e. The second-order valence-corrected chi connectivity index (χ2v) is 6.87. The van der Waals surface area contributed by atoms with Gasteiger partial charge in [-0.25, -0.2) is 17.5 Å². The highest BCUT2D eigenvalue weighted by molar-refractivity contribution is 7.89. The van der Waals surface area contributed by atoms with E-state index in [1.807, 2.05) is 6.92 Å². The summed E-state index contributed by atoms with van der Waals surface area (Å²) < 4.78 is 44.3. The van der Waals surface area contributed by atoms with Crippen LogP contribution in [0.4, 0.5) is 10.1 Å². The molecule has 2 rings (SSSR count). The number of halogens is 1. The zero-order valence-electron chi connectivity index (χ0n) is 13.1. The van der Waals surface area contributed by atoms with E-state index in [0.29, 0.717) is 11.4 Å². The number of anilines is 1. The van der Waals surface area contributed by atoms with Gasteiger partial charge in [0.2, 0.25) is 10.0 Å². The molecule has 2 aromatic carbocycles. The van der Waals surface area contributed by atoms with Gasteiger partial charge in [0.1, 0.15) is 11.6 Å². The fraction of sp³-hybridized carbons (Fsp3) is 0.250. The van der Waals surface area contributed by atoms with Crippen LogP contribution >= 0.6 is 0 Å². The standard InChI is InChI=1S/C16H19FN2O3S/c1-11(19-15-10-13(17)6-9-16(15)22-3)12-4-7-14(8-5-12)23(20,21)18-2/h4-11,18-19H,1-3H3/t11-/m1/s1. The second-order valence-electron chi connectivity index (χ2n) is 4.99. The number of hydrogen-bond acceptors (Lipinski definition) is 4. The molecule has 0 aliphatic rings. The van der Waals surface area contributed by atoms with Crippen molar-refractivity contribution in [3.05, 3.63) is 53.8 Å². The quantitative estimate of drug-likeness (QED) is 0.850. The summed E-state index contributed by atoms with van der Waals surface area (Å²) in [6, 6.07) is 10.6. The van der Waals surface area contributed by atoms with E-state index in [4.69, 9.17) is 4.74 Å². The highest BCUT2D eigenvalue weighted by atomic mass is 32.2. The van der Waals surface area contributed by atoms with Gasteiger partial charge in [-0.15, -0.1) is 0 Å². The van der Waals surface area contributed by atoms with Crippen LogP contribution in [0.15, 0.2) is 47.4 Å². The molecule has 0 aromatic heterocycles. The van der Waals surface area contributed by atoms with Crippen molar-refractivity contribution in [3.8, 4) is 5.75 Å². The smallest absolute Gasteiger partial charge is 0.240 e. The van der Waals surface area contributed by atoms with E-state index < -0.39 is 10.0 Å². The summed E-state index contributed by atoms with van der Waals surface area (Å²) in [7, 11) is -0.577. The third-order valence-electron chi connectivity index (χ3n) is 3.49. The van der Waals surface area contributed by atoms with Crippen LogP contribution in [0.1, 0.15) is 18.5 Å². The lowest BCUT2D eigenvalue weighted by molar-refractivity contribution is 0.415. The SMILES string of the molecule is CNS(=O)(=O)c1ccc([C@@H](C)Nc2cc(F)ccc2OC)cc1. The van der Waals surface area contributed by atoms with E-state index in [-0.39, 0.29) is 16.8 Å². The predicted octanol–water partition coefficient (Wildman–Crippen LogP) is 2.92. The summed E-state index contributed by atoms with van der Waals surface area (Å²) in [5.41, 5.74) is 1.40. The number of methoxy groups -OCH3 is 1. The van der Waals surface area contributed by atoms with E-state index in [0.717, 1.165) is 5.56 Å². The molecule has 0 radical (unpaired) electrons. The van der Waals surface area contributed by atoms with Gasteiger partial charge in [0.25, 0.3) is 0 Å². The highest BCUT2D eigenvalue weighted by Gasteiger charge is 2.13. The van der Waals surface area contributed by atoms with Gasteiger partial charge in [-0.3, -0.25) is 0 Å². The Bertz CT molecular complexity index is 776. The van der Waals surface area contributed by atoms with E-state index in [1.54, 1.807) is 18.2 Å². The van der Waals surface area contributed by atoms with Crippen LogP contribution in [0.5, 0.6) is 5.75 Å².